The lowest BCUT2D eigenvalue weighted by molar-refractivity contribution is -0.00543. The van der Waals surface area contributed by atoms with Gasteiger partial charge in [-0.2, -0.15) is 0 Å². The lowest BCUT2D eigenvalue weighted by atomic mass is 10.1. The Morgan fingerprint density at radius 3 is 2.68 bits per heavy atom. The Balaban J connectivity index is 1.69. The summed E-state index contributed by atoms with van der Waals surface area (Å²) in [6.07, 6.45) is 3.93. The second-order valence-corrected chi connectivity index (χ2v) is 7.03. The predicted molar refractivity (Wildman–Crippen MR) is 103 cm³/mol. The van der Waals surface area contributed by atoms with E-state index in [1.165, 1.54) is 0 Å². The van der Waals surface area contributed by atoms with Gasteiger partial charge in [-0.15, -0.1) is 0 Å². The third-order valence-electron chi connectivity index (χ3n) is 4.78. The zero-order valence-corrected chi connectivity index (χ0v) is 15.7. The van der Waals surface area contributed by atoms with Gasteiger partial charge in [0.05, 0.1) is 23.3 Å². The summed E-state index contributed by atoms with van der Waals surface area (Å²) >= 11 is 0. The fraction of sp³-hybridized carbons (Fsp3) is 0.350. The molecule has 0 saturated carbocycles. The minimum absolute atomic E-state index is 0.0321. The first-order valence-electron chi connectivity index (χ1n) is 9.17. The number of ether oxygens (including phenoxy) is 1. The number of nitrogens with one attached hydrogen (secondary N) is 1. The molecule has 1 N–H and O–H groups in total. The third-order valence-corrected chi connectivity index (χ3v) is 4.78. The van der Waals surface area contributed by atoms with Crippen LogP contribution in [-0.2, 0) is 11.3 Å². The first-order valence-corrected chi connectivity index (χ1v) is 9.17. The van der Waals surface area contributed by atoms with E-state index in [1.807, 2.05) is 30.9 Å². The zero-order valence-electron chi connectivity index (χ0n) is 15.7. The molecule has 0 radical (unpaired) electrons. The van der Waals surface area contributed by atoms with Gasteiger partial charge in [0.15, 0.2) is 17.9 Å². The van der Waals surface area contributed by atoms with Crippen LogP contribution in [0.15, 0.2) is 35.1 Å². The average Bonchev–Trinajstić information content (AvgIpc) is 3.09. The monoisotopic (exact) mass is 384 g/mol. The summed E-state index contributed by atoms with van der Waals surface area (Å²) in [5.74, 6) is -0.186. The maximum Gasteiger partial charge on any atom is 0.206 e. The molecule has 1 fully saturated rings. The summed E-state index contributed by atoms with van der Waals surface area (Å²) in [7, 11) is 0. The Bertz CT molecular complexity index is 982. The Labute approximate surface area is 161 Å². The Morgan fingerprint density at radius 2 is 2.00 bits per heavy atom. The van der Waals surface area contributed by atoms with Gasteiger partial charge in [0.25, 0.3) is 0 Å². The molecule has 7 nitrogen and oxygen atoms in total. The predicted octanol–water partition coefficient (Wildman–Crippen LogP) is 3.40. The third kappa shape index (κ3) is 3.43. The van der Waals surface area contributed by atoms with E-state index in [4.69, 9.17) is 9.26 Å². The van der Waals surface area contributed by atoms with Crippen molar-refractivity contribution in [2.75, 3.05) is 23.3 Å². The van der Waals surface area contributed by atoms with E-state index in [2.05, 4.69) is 15.5 Å². The van der Waals surface area contributed by atoms with E-state index in [-0.39, 0.29) is 29.0 Å². The number of morpholine rings is 1. The van der Waals surface area contributed by atoms with Gasteiger partial charge < -0.3 is 19.5 Å². The maximum atomic E-state index is 15.3. The molecular formula is C20H21FN4O3. The van der Waals surface area contributed by atoms with Crippen LogP contribution in [-0.4, -0.2) is 41.7 Å². The van der Waals surface area contributed by atoms with Gasteiger partial charge in [0.1, 0.15) is 0 Å². The number of carbonyl (C=O) groups excluding carboxylic acids is 1. The number of hydrogen-bond acceptors (Lipinski definition) is 7. The smallest absolute Gasteiger partial charge is 0.206 e. The standard InChI is InChI=1S/C20H21FN4O3/c1-12-9-25(10-13(2)27-12)18-15(11-26)7-16-19(17(18)21)28-24-20(16)23-8-14-3-5-22-6-4-14/h3-7,11-13H,8-10H2,1-2H3,(H,23,24). The summed E-state index contributed by atoms with van der Waals surface area (Å²) in [5.41, 5.74) is 1.53. The highest BCUT2D eigenvalue weighted by Gasteiger charge is 2.29. The topological polar surface area (TPSA) is 80.5 Å². The van der Waals surface area contributed by atoms with Crippen molar-refractivity contribution in [1.29, 1.82) is 0 Å². The van der Waals surface area contributed by atoms with E-state index < -0.39 is 5.82 Å². The number of nitrogens with zero attached hydrogens (tertiary/aromatic N) is 3. The molecule has 1 aromatic carbocycles. The first-order chi connectivity index (χ1) is 13.6. The zero-order chi connectivity index (χ0) is 19.7. The second kappa shape index (κ2) is 7.55. The molecule has 1 saturated heterocycles. The van der Waals surface area contributed by atoms with Gasteiger partial charge in [0.2, 0.25) is 5.58 Å². The van der Waals surface area contributed by atoms with Crippen molar-refractivity contribution < 1.29 is 18.4 Å². The summed E-state index contributed by atoms with van der Waals surface area (Å²) in [4.78, 5) is 17.6. The van der Waals surface area contributed by atoms with Crippen LogP contribution in [0.1, 0.15) is 29.8 Å². The number of hydrogen-bond donors (Lipinski definition) is 1. The molecule has 1 aliphatic heterocycles. The molecule has 0 spiro atoms. The van der Waals surface area contributed by atoms with Crippen LogP contribution in [0.4, 0.5) is 15.9 Å². The number of halogens is 1. The summed E-state index contributed by atoms with van der Waals surface area (Å²) in [6.45, 7) is 5.32. The van der Waals surface area contributed by atoms with E-state index >= 15 is 4.39 Å². The average molecular weight is 384 g/mol. The minimum atomic E-state index is -0.578. The van der Waals surface area contributed by atoms with Crippen LogP contribution in [0.2, 0.25) is 0 Å². The highest BCUT2D eigenvalue weighted by atomic mass is 19.1. The van der Waals surface area contributed by atoms with Crippen molar-refractivity contribution in [2.45, 2.75) is 32.6 Å². The number of rotatable bonds is 5. The highest BCUT2D eigenvalue weighted by Crippen LogP contribution is 2.35. The maximum absolute atomic E-state index is 15.3. The van der Waals surface area contributed by atoms with Crippen molar-refractivity contribution in [3.63, 3.8) is 0 Å². The molecule has 8 heteroatoms. The van der Waals surface area contributed by atoms with E-state index in [9.17, 15) is 4.79 Å². The van der Waals surface area contributed by atoms with Crippen molar-refractivity contribution >= 4 is 28.8 Å². The largest absolute Gasteiger partial charge is 0.372 e. The van der Waals surface area contributed by atoms with Gasteiger partial charge in [-0.25, -0.2) is 4.39 Å². The number of pyridine rings is 1. The number of anilines is 2. The van der Waals surface area contributed by atoms with Crippen LogP contribution >= 0.6 is 0 Å². The minimum Gasteiger partial charge on any atom is -0.372 e. The summed E-state index contributed by atoms with van der Waals surface area (Å²) < 4.78 is 26.3. The molecule has 0 bridgehead atoms. The molecule has 4 rings (SSSR count). The van der Waals surface area contributed by atoms with Crippen molar-refractivity contribution in [2.24, 2.45) is 0 Å². The van der Waals surface area contributed by atoms with E-state index in [0.29, 0.717) is 37.1 Å². The Morgan fingerprint density at radius 1 is 1.29 bits per heavy atom. The number of fused-ring (bicyclic) bond motifs is 1. The van der Waals surface area contributed by atoms with E-state index in [0.717, 1.165) is 5.56 Å². The molecule has 28 heavy (non-hydrogen) atoms. The summed E-state index contributed by atoms with van der Waals surface area (Å²) in [5, 5.41) is 7.53. The van der Waals surface area contributed by atoms with Gasteiger partial charge in [-0.05, 0) is 37.6 Å². The molecule has 0 amide bonds. The quantitative estimate of drug-likeness (QED) is 0.675. The van der Waals surface area contributed by atoms with Crippen LogP contribution in [0.3, 0.4) is 0 Å². The van der Waals surface area contributed by atoms with Crippen LogP contribution in [0.25, 0.3) is 11.0 Å². The van der Waals surface area contributed by atoms with Gasteiger partial charge in [0, 0.05) is 37.6 Å². The fourth-order valence-electron chi connectivity index (χ4n) is 3.63. The SMILES string of the molecule is CC1CN(c2c(C=O)cc3c(NCc4ccncc4)noc3c2F)CC(C)O1. The first kappa shape index (κ1) is 18.4. The molecule has 3 aromatic rings. The molecule has 0 aliphatic carbocycles. The lowest BCUT2D eigenvalue weighted by Crippen LogP contribution is -2.46. The van der Waals surface area contributed by atoms with Crippen molar-refractivity contribution in [3.05, 3.63) is 47.5 Å². The highest BCUT2D eigenvalue weighted by molar-refractivity contribution is 5.98. The van der Waals surface area contributed by atoms with Crippen LogP contribution in [0.5, 0.6) is 0 Å². The molecule has 146 valence electrons. The normalized spacial score (nSPS) is 19.8. The number of aldehydes is 1. The number of carbonyl (C=O) groups is 1. The van der Waals surface area contributed by atoms with E-state index in [1.54, 1.807) is 18.5 Å². The molecule has 3 heterocycles. The van der Waals surface area contributed by atoms with Crippen LogP contribution < -0.4 is 10.2 Å². The van der Waals surface area contributed by atoms with Crippen molar-refractivity contribution in [1.82, 2.24) is 10.1 Å². The molecule has 2 aromatic heterocycles. The fourth-order valence-corrected chi connectivity index (χ4v) is 3.63. The molecule has 1 aliphatic rings. The second-order valence-electron chi connectivity index (χ2n) is 7.03. The molecule has 2 atom stereocenters. The number of aromatic nitrogens is 2. The van der Waals surface area contributed by atoms with Gasteiger partial charge in [-0.1, -0.05) is 5.16 Å². The summed E-state index contributed by atoms with van der Waals surface area (Å²) in [6, 6.07) is 5.36. The van der Waals surface area contributed by atoms with Gasteiger partial charge in [-0.3, -0.25) is 9.78 Å². The molecular weight excluding hydrogens is 363 g/mol. The van der Waals surface area contributed by atoms with Crippen LogP contribution in [0, 0.1) is 5.82 Å². The van der Waals surface area contributed by atoms with Gasteiger partial charge >= 0.3 is 0 Å². The van der Waals surface area contributed by atoms with Crippen molar-refractivity contribution in [3.8, 4) is 0 Å². The number of benzene rings is 1. The molecule has 2 unspecified atom stereocenters. The lowest BCUT2D eigenvalue weighted by Gasteiger charge is -2.37. The Kier molecular flexibility index (Phi) is 4.95. The Hall–Kier alpha value is -3.00.